The summed E-state index contributed by atoms with van der Waals surface area (Å²) in [6.07, 6.45) is -1.78. The molecule has 2 aliphatic heterocycles. The van der Waals surface area contributed by atoms with Crippen molar-refractivity contribution in [3.05, 3.63) is 47.0 Å². The van der Waals surface area contributed by atoms with Crippen molar-refractivity contribution in [2.24, 2.45) is 11.8 Å². The Hall–Kier alpha value is -2.56. The Morgan fingerprint density at radius 1 is 1.09 bits per heavy atom. The molecule has 5 rings (SSSR count). The van der Waals surface area contributed by atoms with Crippen molar-refractivity contribution in [3.8, 4) is 23.0 Å². The monoisotopic (exact) mass is 474 g/mol. The zero-order valence-corrected chi connectivity index (χ0v) is 18.9. The normalized spacial score (nSPS) is 30.1. The highest BCUT2D eigenvalue weighted by molar-refractivity contribution is 5.54. The van der Waals surface area contributed by atoms with Gasteiger partial charge in [-0.15, -0.1) is 0 Å². The van der Waals surface area contributed by atoms with Crippen LogP contribution in [0.2, 0.25) is 0 Å². The average molecular weight is 475 g/mol. The molecule has 184 valence electrons. The molecule has 0 spiro atoms. The Morgan fingerprint density at radius 3 is 2.68 bits per heavy atom. The molecule has 0 aromatic heterocycles. The number of aromatic hydroxyl groups is 1. The van der Waals surface area contributed by atoms with Gasteiger partial charge in [0.1, 0.15) is 6.10 Å². The van der Waals surface area contributed by atoms with E-state index in [0.717, 1.165) is 16.7 Å². The molecule has 0 amide bonds. The second-order valence-corrected chi connectivity index (χ2v) is 9.12. The van der Waals surface area contributed by atoms with E-state index in [2.05, 4.69) is 0 Å². The Labute approximate surface area is 197 Å². The van der Waals surface area contributed by atoms with E-state index in [1.54, 1.807) is 6.07 Å². The molecule has 2 aromatic rings. The summed E-state index contributed by atoms with van der Waals surface area (Å²) >= 11 is 0. The number of phenolic OH excluding ortho intramolecular Hbond substituents is 1. The maximum Gasteiger partial charge on any atom is 0.231 e. The van der Waals surface area contributed by atoms with E-state index in [1.165, 1.54) is 7.11 Å². The molecule has 0 bridgehead atoms. The number of phenols is 1. The third-order valence-electron chi connectivity index (χ3n) is 7.02. The lowest BCUT2D eigenvalue weighted by Gasteiger charge is -2.41. The van der Waals surface area contributed by atoms with Crippen molar-refractivity contribution in [2.75, 3.05) is 33.7 Å². The van der Waals surface area contributed by atoms with Crippen molar-refractivity contribution in [2.45, 2.75) is 37.3 Å². The SMILES string of the molecule is COc1cc2c(cc1O)CC(CO)C(CO[C@@H]1OC[C@@H](O)C[C@H]1O)C2c1ccc2c(c1)OCO2. The first-order valence-corrected chi connectivity index (χ1v) is 11.5. The fourth-order valence-electron chi connectivity index (χ4n) is 5.30. The molecule has 1 aliphatic carbocycles. The van der Waals surface area contributed by atoms with Gasteiger partial charge in [-0.1, -0.05) is 6.07 Å². The summed E-state index contributed by atoms with van der Waals surface area (Å²) in [7, 11) is 1.51. The number of rotatable bonds is 6. The lowest BCUT2D eigenvalue weighted by atomic mass is 9.67. The van der Waals surface area contributed by atoms with Crippen LogP contribution in [0.4, 0.5) is 0 Å². The van der Waals surface area contributed by atoms with E-state index in [-0.39, 0.29) is 56.5 Å². The molecular formula is C25H30O9. The Kier molecular flexibility index (Phi) is 6.54. The molecule has 3 aliphatic rings. The number of ether oxygens (including phenoxy) is 5. The smallest absolute Gasteiger partial charge is 0.231 e. The number of benzene rings is 2. The lowest BCUT2D eigenvalue weighted by molar-refractivity contribution is -0.241. The summed E-state index contributed by atoms with van der Waals surface area (Å²) in [4.78, 5) is 0. The van der Waals surface area contributed by atoms with Crippen LogP contribution in [0.3, 0.4) is 0 Å². The van der Waals surface area contributed by atoms with Gasteiger partial charge in [0.15, 0.2) is 29.3 Å². The molecule has 34 heavy (non-hydrogen) atoms. The largest absolute Gasteiger partial charge is 0.504 e. The summed E-state index contributed by atoms with van der Waals surface area (Å²) in [6, 6.07) is 9.30. The maximum absolute atomic E-state index is 10.4. The summed E-state index contributed by atoms with van der Waals surface area (Å²) in [5.41, 5.74) is 2.84. The number of fused-ring (bicyclic) bond motifs is 2. The van der Waals surface area contributed by atoms with Crippen LogP contribution in [-0.4, -0.2) is 72.6 Å². The molecule has 1 saturated heterocycles. The highest BCUT2D eigenvalue weighted by Gasteiger charge is 2.40. The highest BCUT2D eigenvalue weighted by Crippen LogP contribution is 2.48. The first-order chi connectivity index (χ1) is 16.5. The van der Waals surface area contributed by atoms with Crippen molar-refractivity contribution in [1.29, 1.82) is 0 Å². The van der Waals surface area contributed by atoms with Crippen molar-refractivity contribution in [1.82, 2.24) is 0 Å². The van der Waals surface area contributed by atoms with Crippen LogP contribution in [0.25, 0.3) is 0 Å². The van der Waals surface area contributed by atoms with Crippen LogP contribution < -0.4 is 14.2 Å². The molecular weight excluding hydrogens is 444 g/mol. The van der Waals surface area contributed by atoms with Gasteiger partial charge in [-0.05, 0) is 59.2 Å². The Bertz CT molecular complexity index is 1030. The van der Waals surface area contributed by atoms with Crippen LogP contribution in [0.5, 0.6) is 23.0 Å². The second-order valence-electron chi connectivity index (χ2n) is 9.12. The summed E-state index contributed by atoms with van der Waals surface area (Å²) in [6.45, 7) is 0.399. The molecule has 0 saturated carbocycles. The minimum absolute atomic E-state index is 0.0503. The van der Waals surface area contributed by atoms with Gasteiger partial charge in [0.2, 0.25) is 6.79 Å². The molecule has 0 radical (unpaired) electrons. The van der Waals surface area contributed by atoms with E-state index in [4.69, 9.17) is 23.7 Å². The Balaban J connectivity index is 1.52. The highest BCUT2D eigenvalue weighted by atomic mass is 16.7. The van der Waals surface area contributed by atoms with Crippen LogP contribution in [-0.2, 0) is 15.9 Å². The van der Waals surface area contributed by atoms with Gasteiger partial charge in [-0.3, -0.25) is 0 Å². The van der Waals surface area contributed by atoms with Gasteiger partial charge in [0.25, 0.3) is 0 Å². The molecule has 4 N–H and O–H groups in total. The summed E-state index contributed by atoms with van der Waals surface area (Å²) in [5, 5.41) is 40.7. The van der Waals surface area contributed by atoms with Crippen molar-refractivity contribution in [3.63, 3.8) is 0 Å². The topological polar surface area (TPSA) is 127 Å². The number of methoxy groups -OCH3 is 1. The molecule has 6 atom stereocenters. The second kappa shape index (κ2) is 9.59. The molecule has 2 heterocycles. The lowest BCUT2D eigenvalue weighted by Crippen LogP contribution is -2.44. The molecule has 1 fully saturated rings. The Morgan fingerprint density at radius 2 is 1.91 bits per heavy atom. The van der Waals surface area contributed by atoms with Crippen LogP contribution in [0, 0.1) is 11.8 Å². The van der Waals surface area contributed by atoms with Gasteiger partial charge in [0.05, 0.1) is 26.4 Å². The molecule has 2 aromatic carbocycles. The molecule has 9 heteroatoms. The van der Waals surface area contributed by atoms with Crippen LogP contribution in [0.15, 0.2) is 30.3 Å². The predicted octanol–water partition coefficient (Wildman–Crippen LogP) is 1.53. The van der Waals surface area contributed by atoms with E-state index in [0.29, 0.717) is 23.7 Å². The van der Waals surface area contributed by atoms with Gasteiger partial charge in [-0.25, -0.2) is 0 Å². The standard InChI is InChI=1S/C25H30O9/c1-30-22-8-17-14(5-19(22)28)4-15(9-26)18(11-32-25-20(29)7-16(27)10-31-25)24(17)13-2-3-21-23(6-13)34-12-33-21/h2-3,5-6,8,15-16,18,20,24-29H,4,7,9-12H2,1H3/t15?,16-,18?,20+,24?,25-/m0/s1. The summed E-state index contributed by atoms with van der Waals surface area (Å²) < 4.78 is 28.0. The third-order valence-corrected chi connectivity index (χ3v) is 7.02. The third kappa shape index (κ3) is 4.30. The van der Waals surface area contributed by atoms with Crippen molar-refractivity contribution >= 4 is 0 Å². The first-order valence-electron chi connectivity index (χ1n) is 11.5. The minimum atomic E-state index is -0.937. The minimum Gasteiger partial charge on any atom is -0.504 e. The summed E-state index contributed by atoms with van der Waals surface area (Å²) in [5.74, 6) is 1.19. The van der Waals surface area contributed by atoms with E-state index < -0.39 is 18.5 Å². The van der Waals surface area contributed by atoms with E-state index >= 15 is 0 Å². The molecule has 9 nitrogen and oxygen atoms in total. The van der Waals surface area contributed by atoms with Crippen LogP contribution >= 0.6 is 0 Å². The maximum atomic E-state index is 10.4. The van der Waals surface area contributed by atoms with Gasteiger partial charge in [-0.2, -0.15) is 0 Å². The number of aliphatic hydroxyl groups excluding tert-OH is 3. The van der Waals surface area contributed by atoms with E-state index in [9.17, 15) is 20.4 Å². The predicted molar refractivity (Wildman–Crippen MR) is 119 cm³/mol. The molecule has 3 unspecified atom stereocenters. The van der Waals surface area contributed by atoms with E-state index in [1.807, 2.05) is 24.3 Å². The zero-order valence-electron chi connectivity index (χ0n) is 18.9. The first kappa shape index (κ1) is 23.2. The number of hydrogen-bond donors (Lipinski definition) is 4. The average Bonchev–Trinajstić information content (AvgIpc) is 3.30. The zero-order chi connectivity index (χ0) is 23.8. The van der Waals surface area contributed by atoms with Gasteiger partial charge >= 0.3 is 0 Å². The quantitative estimate of drug-likeness (QED) is 0.493. The van der Waals surface area contributed by atoms with Gasteiger partial charge < -0.3 is 44.1 Å². The number of aliphatic hydroxyl groups is 3. The fraction of sp³-hybridized carbons (Fsp3) is 0.520. The number of hydrogen-bond acceptors (Lipinski definition) is 9. The van der Waals surface area contributed by atoms with Crippen molar-refractivity contribution < 1.29 is 44.1 Å². The van der Waals surface area contributed by atoms with Gasteiger partial charge in [0, 0.05) is 18.9 Å². The van der Waals surface area contributed by atoms with Crippen LogP contribution in [0.1, 0.15) is 29.0 Å². The fourth-order valence-corrected chi connectivity index (χ4v) is 5.30.